The molecule has 3 aromatic heterocycles. The molecule has 1 aliphatic rings. The molecule has 0 saturated carbocycles. The van der Waals surface area contributed by atoms with Crippen LogP contribution in [0.4, 0.5) is 30.9 Å². The van der Waals surface area contributed by atoms with E-state index < -0.39 is 23.3 Å². The Bertz CT molecular complexity index is 1480. The molecular weight excluding hydrogens is 504 g/mol. The van der Waals surface area contributed by atoms with E-state index in [0.29, 0.717) is 23.7 Å². The van der Waals surface area contributed by atoms with Crippen LogP contribution >= 0.6 is 0 Å². The predicted molar refractivity (Wildman–Crippen MR) is 145 cm³/mol. The van der Waals surface area contributed by atoms with E-state index in [0.717, 1.165) is 18.7 Å². The van der Waals surface area contributed by atoms with Gasteiger partial charge in [-0.25, -0.2) is 18.6 Å². The summed E-state index contributed by atoms with van der Waals surface area (Å²) < 4.78 is 35.8. The Morgan fingerprint density at radius 1 is 1.10 bits per heavy atom. The molecule has 0 unspecified atom stereocenters. The van der Waals surface area contributed by atoms with Crippen LogP contribution in [0.5, 0.6) is 0 Å². The van der Waals surface area contributed by atoms with E-state index in [4.69, 9.17) is 4.74 Å². The monoisotopic (exact) mass is 535 g/mol. The topological polar surface area (TPSA) is 96.7 Å². The Hall–Kier alpha value is -4.28. The minimum atomic E-state index is -0.695. The van der Waals surface area contributed by atoms with Crippen molar-refractivity contribution in [2.75, 3.05) is 23.3 Å². The van der Waals surface area contributed by atoms with Crippen LogP contribution in [0.2, 0.25) is 0 Å². The van der Waals surface area contributed by atoms with E-state index in [2.05, 4.69) is 37.5 Å². The number of hydrogen-bond acceptors (Lipinski definition) is 7. The third-order valence-electron chi connectivity index (χ3n) is 6.65. The average Bonchev–Trinajstić information content (AvgIpc) is 3.26. The number of benzene rings is 1. The maximum Gasteiger partial charge on any atom is 0.407 e. The number of anilines is 3. The van der Waals surface area contributed by atoms with Crippen molar-refractivity contribution in [3.05, 3.63) is 66.6 Å². The molecule has 1 aromatic carbocycles. The summed E-state index contributed by atoms with van der Waals surface area (Å²) in [6, 6.07) is 8.76. The van der Waals surface area contributed by atoms with Crippen LogP contribution in [0.15, 0.2) is 55.0 Å². The van der Waals surface area contributed by atoms with Crippen LogP contribution in [0.3, 0.4) is 0 Å². The van der Waals surface area contributed by atoms with Crippen molar-refractivity contribution in [2.45, 2.75) is 45.8 Å². The molecule has 2 N–H and O–H groups in total. The van der Waals surface area contributed by atoms with Crippen LogP contribution in [0, 0.1) is 17.6 Å². The molecule has 1 fully saturated rings. The summed E-state index contributed by atoms with van der Waals surface area (Å²) >= 11 is 0. The van der Waals surface area contributed by atoms with Gasteiger partial charge in [0, 0.05) is 19.3 Å². The van der Waals surface area contributed by atoms with Crippen LogP contribution < -0.4 is 15.5 Å². The third kappa shape index (κ3) is 5.76. The SMILES string of the molecule is C[C@@H]1CCN(c2ccncc2Nc2ncc3ccc(-c4c(F)cccc4F)nn23)C[C@@H]1NC(=O)OC(C)(C)C. The van der Waals surface area contributed by atoms with Gasteiger partial charge in [-0.05, 0) is 63.4 Å². The number of nitrogens with zero attached hydrogens (tertiary/aromatic N) is 5. The van der Waals surface area contributed by atoms with E-state index in [-0.39, 0.29) is 23.2 Å². The molecule has 2 atom stereocenters. The number of rotatable bonds is 5. The molecule has 204 valence electrons. The Morgan fingerprint density at radius 3 is 2.62 bits per heavy atom. The molecule has 1 saturated heterocycles. The quantitative estimate of drug-likeness (QED) is 0.346. The van der Waals surface area contributed by atoms with Gasteiger partial charge in [0.25, 0.3) is 0 Å². The Balaban J connectivity index is 1.40. The fourth-order valence-electron chi connectivity index (χ4n) is 4.66. The first-order valence-electron chi connectivity index (χ1n) is 12.8. The number of aromatic nitrogens is 4. The molecule has 39 heavy (non-hydrogen) atoms. The summed E-state index contributed by atoms with van der Waals surface area (Å²) in [5, 5.41) is 10.8. The maximum atomic E-state index is 14.4. The van der Waals surface area contributed by atoms with Crippen molar-refractivity contribution in [3.63, 3.8) is 0 Å². The molecule has 0 bridgehead atoms. The zero-order valence-electron chi connectivity index (χ0n) is 22.3. The molecule has 4 heterocycles. The van der Waals surface area contributed by atoms with Gasteiger partial charge < -0.3 is 20.3 Å². The van der Waals surface area contributed by atoms with E-state index in [1.165, 1.54) is 22.7 Å². The van der Waals surface area contributed by atoms with Gasteiger partial charge in [-0.1, -0.05) is 13.0 Å². The van der Waals surface area contributed by atoms with Gasteiger partial charge in [0.2, 0.25) is 5.95 Å². The first kappa shape index (κ1) is 26.3. The number of piperidine rings is 1. The predicted octanol–water partition coefficient (Wildman–Crippen LogP) is 5.55. The molecular formula is C28H31F2N7O2. The van der Waals surface area contributed by atoms with E-state index >= 15 is 0 Å². The second-order valence-corrected chi connectivity index (χ2v) is 10.7. The summed E-state index contributed by atoms with van der Waals surface area (Å²) in [7, 11) is 0. The zero-order valence-corrected chi connectivity index (χ0v) is 22.3. The molecule has 1 amide bonds. The molecule has 1 aliphatic heterocycles. The molecule has 4 aromatic rings. The van der Waals surface area contributed by atoms with E-state index in [9.17, 15) is 13.6 Å². The summed E-state index contributed by atoms with van der Waals surface area (Å²) in [4.78, 5) is 23.3. The summed E-state index contributed by atoms with van der Waals surface area (Å²) in [6.45, 7) is 8.98. The third-order valence-corrected chi connectivity index (χ3v) is 6.65. The first-order valence-corrected chi connectivity index (χ1v) is 12.8. The molecule has 5 rings (SSSR count). The normalized spacial score (nSPS) is 17.7. The molecule has 0 spiro atoms. The number of halogens is 2. The molecule has 11 heteroatoms. The summed E-state index contributed by atoms with van der Waals surface area (Å²) in [5.74, 6) is -0.754. The number of fused-ring (bicyclic) bond motifs is 1. The minimum Gasteiger partial charge on any atom is -0.444 e. The lowest BCUT2D eigenvalue weighted by Crippen LogP contribution is -2.53. The number of ether oxygens (including phenoxy) is 1. The lowest BCUT2D eigenvalue weighted by Gasteiger charge is -2.39. The van der Waals surface area contributed by atoms with Crippen molar-refractivity contribution in [2.24, 2.45) is 5.92 Å². The average molecular weight is 536 g/mol. The van der Waals surface area contributed by atoms with Crippen molar-refractivity contribution < 1.29 is 18.3 Å². The highest BCUT2D eigenvalue weighted by atomic mass is 19.1. The summed E-state index contributed by atoms with van der Waals surface area (Å²) in [6.07, 6.45) is 5.44. The van der Waals surface area contributed by atoms with Crippen LogP contribution in [-0.4, -0.2) is 50.4 Å². The van der Waals surface area contributed by atoms with Crippen LogP contribution in [-0.2, 0) is 4.74 Å². The lowest BCUT2D eigenvalue weighted by molar-refractivity contribution is 0.0483. The van der Waals surface area contributed by atoms with Gasteiger partial charge in [-0.15, -0.1) is 0 Å². The van der Waals surface area contributed by atoms with E-state index in [1.807, 2.05) is 26.8 Å². The number of nitrogens with one attached hydrogen (secondary N) is 2. The van der Waals surface area contributed by atoms with Gasteiger partial charge >= 0.3 is 6.09 Å². The number of carbonyl (C=O) groups is 1. The standard InChI is InChI=1S/C28H31F2N7O2/c1-17-11-13-36(16-23(17)34-27(38)39-28(2,3)4)24-10-12-31-15-22(24)33-26-32-14-18-8-9-21(35-37(18)26)25-19(29)6-5-7-20(25)30/h5-10,12,14-15,17,23H,11,13,16H2,1-4H3,(H,32,33)(H,34,38)/t17-,23+/m1/s1. The Labute approximate surface area is 225 Å². The fraction of sp³-hybridized carbons (Fsp3) is 0.357. The van der Waals surface area contributed by atoms with Crippen molar-refractivity contribution in [1.82, 2.24) is 24.9 Å². The van der Waals surface area contributed by atoms with Crippen molar-refractivity contribution in [1.29, 1.82) is 0 Å². The van der Waals surface area contributed by atoms with Gasteiger partial charge in [0.1, 0.15) is 17.2 Å². The van der Waals surface area contributed by atoms with Crippen LogP contribution in [0.25, 0.3) is 16.8 Å². The van der Waals surface area contributed by atoms with Gasteiger partial charge in [0.05, 0.1) is 46.6 Å². The number of pyridine rings is 1. The molecule has 9 nitrogen and oxygen atoms in total. The number of hydrogen-bond donors (Lipinski definition) is 2. The fourth-order valence-corrected chi connectivity index (χ4v) is 4.66. The zero-order chi connectivity index (χ0) is 27.7. The Kier molecular flexibility index (Phi) is 7.07. The van der Waals surface area contributed by atoms with Crippen LogP contribution in [0.1, 0.15) is 34.1 Å². The van der Waals surface area contributed by atoms with Crippen molar-refractivity contribution >= 4 is 28.9 Å². The first-order chi connectivity index (χ1) is 18.6. The van der Waals surface area contributed by atoms with Gasteiger partial charge in [0.15, 0.2) is 0 Å². The summed E-state index contributed by atoms with van der Waals surface area (Å²) in [5.41, 5.74) is 1.57. The lowest BCUT2D eigenvalue weighted by atomic mass is 9.93. The van der Waals surface area contributed by atoms with Crippen molar-refractivity contribution in [3.8, 4) is 11.3 Å². The second kappa shape index (κ2) is 10.5. The second-order valence-electron chi connectivity index (χ2n) is 10.7. The van der Waals surface area contributed by atoms with E-state index in [1.54, 1.807) is 30.7 Å². The highest BCUT2D eigenvalue weighted by Crippen LogP contribution is 2.32. The number of alkyl carbamates (subject to hydrolysis) is 1. The van der Waals surface area contributed by atoms with Gasteiger partial charge in [-0.2, -0.15) is 9.61 Å². The molecule has 0 radical (unpaired) electrons. The number of imidazole rings is 1. The maximum absolute atomic E-state index is 14.4. The number of carbonyl (C=O) groups excluding carboxylic acids is 1. The highest BCUT2D eigenvalue weighted by molar-refractivity contribution is 5.74. The largest absolute Gasteiger partial charge is 0.444 e. The van der Waals surface area contributed by atoms with Gasteiger partial charge in [-0.3, -0.25) is 4.98 Å². The number of amides is 1. The smallest absolute Gasteiger partial charge is 0.407 e. The highest BCUT2D eigenvalue weighted by Gasteiger charge is 2.30. The Morgan fingerprint density at radius 2 is 1.87 bits per heavy atom. The molecule has 0 aliphatic carbocycles. The minimum absolute atomic E-state index is 0.109.